The van der Waals surface area contributed by atoms with Gasteiger partial charge in [-0.15, -0.1) is 11.3 Å². The van der Waals surface area contributed by atoms with Crippen molar-refractivity contribution >= 4 is 49.2 Å². The zero-order chi connectivity index (χ0) is 19.1. The van der Waals surface area contributed by atoms with Crippen molar-refractivity contribution < 1.29 is 87.3 Å². The monoisotopic (exact) mass is 436 g/mol. The Bertz CT molecular complexity index is 1130. The average molecular weight is 436 g/mol. The molecule has 1 heterocycles. The number of carboxylic acids is 2. The minimum absolute atomic E-state index is 0. The molecular weight excluding hydrogens is 426 g/mol. The van der Waals surface area contributed by atoms with Gasteiger partial charge >= 0.3 is 59.1 Å². The molecule has 1 aromatic heterocycles. The maximum absolute atomic E-state index is 12.6. The van der Waals surface area contributed by atoms with Crippen molar-refractivity contribution in [2.75, 3.05) is 4.72 Å². The van der Waals surface area contributed by atoms with E-state index in [1.165, 1.54) is 23.5 Å². The molecule has 1 N–H and O–H groups in total. The van der Waals surface area contributed by atoms with Crippen molar-refractivity contribution in [1.29, 1.82) is 0 Å². The molecule has 3 aromatic rings. The number of aryl methyl sites for hydroxylation is 1. The minimum Gasteiger partial charge on any atom is -0.545 e. The number of rotatable bonds is 5. The number of hydrogen-bond acceptors (Lipinski definition) is 8. The first-order valence-electron chi connectivity index (χ1n) is 7.13. The van der Waals surface area contributed by atoms with Crippen molar-refractivity contribution in [1.82, 2.24) is 4.98 Å². The molecule has 2 aromatic carbocycles. The third-order valence-corrected chi connectivity index (χ3v) is 5.76. The summed E-state index contributed by atoms with van der Waals surface area (Å²) in [6.07, 6.45) is 0. The van der Waals surface area contributed by atoms with E-state index < -0.39 is 33.1 Å². The van der Waals surface area contributed by atoms with Gasteiger partial charge in [-0.25, -0.2) is 13.4 Å². The van der Waals surface area contributed by atoms with Gasteiger partial charge in [0.05, 0.1) is 37.7 Å². The van der Waals surface area contributed by atoms with Crippen LogP contribution in [0.25, 0.3) is 10.2 Å². The number of anilines is 1. The Morgan fingerprint density at radius 2 is 1.57 bits per heavy atom. The number of carbonyl (C=O) groups excluding carboxylic acids is 2. The number of aromatic nitrogens is 1. The summed E-state index contributed by atoms with van der Waals surface area (Å²) in [6.45, 7) is 1.80. The molecule has 3 rings (SSSR count). The SMILES string of the molecule is Cc1nc2cc(S(=O)(=O)Nc3cc(C(=O)[O-])cc(C(=O)[O-])c3)ccc2s1.[Na+].[Na+]. The predicted molar refractivity (Wildman–Crippen MR) is 90.3 cm³/mol. The van der Waals surface area contributed by atoms with Crippen LogP contribution in [0, 0.1) is 6.92 Å². The first kappa shape index (κ1) is 25.1. The number of nitrogens with zero attached hydrogens (tertiary/aromatic N) is 1. The Morgan fingerprint density at radius 1 is 1.00 bits per heavy atom. The molecule has 134 valence electrons. The fraction of sp³-hybridized carbons (Fsp3) is 0.0625. The molecule has 0 radical (unpaired) electrons. The largest absolute Gasteiger partial charge is 1.00 e. The van der Waals surface area contributed by atoms with Crippen molar-refractivity contribution in [3.8, 4) is 0 Å². The standard InChI is InChI=1S/C16H12N2O6S2.2Na/c1-8-17-13-7-12(2-3-14(13)25-8)26(23,24)18-11-5-9(15(19)20)4-10(6-11)16(21)22;;/h2-7,18H,1H3,(H,19,20)(H,21,22);;/q;2*+1/p-2. The molecule has 0 amide bonds. The first-order valence-corrected chi connectivity index (χ1v) is 9.43. The number of sulfonamides is 1. The second-order valence-electron chi connectivity index (χ2n) is 5.34. The number of benzene rings is 2. The molecule has 0 fully saturated rings. The van der Waals surface area contributed by atoms with Gasteiger partial charge in [0.2, 0.25) is 0 Å². The molecule has 0 aliphatic rings. The maximum atomic E-state index is 12.6. The van der Waals surface area contributed by atoms with Crippen LogP contribution in [-0.4, -0.2) is 25.3 Å². The Morgan fingerprint density at radius 3 is 2.11 bits per heavy atom. The summed E-state index contributed by atoms with van der Waals surface area (Å²) in [5.41, 5.74) is -0.709. The normalized spacial score (nSPS) is 10.6. The van der Waals surface area contributed by atoms with E-state index >= 15 is 0 Å². The quantitative estimate of drug-likeness (QED) is 0.393. The van der Waals surface area contributed by atoms with Gasteiger partial charge in [0.25, 0.3) is 10.0 Å². The Hall–Kier alpha value is -0.980. The van der Waals surface area contributed by atoms with Crippen LogP contribution in [0.2, 0.25) is 0 Å². The maximum Gasteiger partial charge on any atom is 1.00 e. The van der Waals surface area contributed by atoms with Gasteiger partial charge in [0, 0.05) is 0 Å². The number of aromatic carboxylic acids is 2. The predicted octanol–water partition coefficient (Wildman–Crippen LogP) is -5.86. The van der Waals surface area contributed by atoms with Crippen molar-refractivity contribution in [2.45, 2.75) is 11.8 Å². The molecule has 0 aliphatic heterocycles. The molecule has 0 saturated heterocycles. The van der Waals surface area contributed by atoms with Crippen LogP contribution >= 0.6 is 11.3 Å². The summed E-state index contributed by atoms with van der Waals surface area (Å²) in [7, 11) is -4.09. The van der Waals surface area contributed by atoms with Gasteiger partial charge < -0.3 is 19.8 Å². The number of carboxylic acid groups (broad SMARTS) is 2. The smallest absolute Gasteiger partial charge is 0.545 e. The van der Waals surface area contributed by atoms with E-state index in [0.29, 0.717) is 5.52 Å². The van der Waals surface area contributed by atoms with Gasteiger partial charge in [-0.1, -0.05) is 0 Å². The van der Waals surface area contributed by atoms with Crippen LogP contribution < -0.4 is 74.0 Å². The van der Waals surface area contributed by atoms with Gasteiger partial charge in [-0.2, -0.15) is 0 Å². The third-order valence-electron chi connectivity index (χ3n) is 3.43. The van der Waals surface area contributed by atoms with Crippen LogP contribution in [0.15, 0.2) is 41.3 Å². The Balaban J connectivity index is 0.00000196. The second kappa shape index (κ2) is 9.68. The van der Waals surface area contributed by atoms with E-state index in [2.05, 4.69) is 9.71 Å². The van der Waals surface area contributed by atoms with Crippen molar-refractivity contribution in [2.24, 2.45) is 0 Å². The van der Waals surface area contributed by atoms with Crippen LogP contribution in [0.3, 0.4) is 0 Å². The topological polar surface area (TPSA) is 139 Å². The van der Waals surface area contributed by atoms with Crippen molar-refractivity contribution in [3.63, 3.8) is 0 Å². The van der Waals surface area contributed by atoms with Crippen molar-refractivity contribution in [3.05, 3.63) is 52.5 Å². The van der Waals surface area contributed by atoms with Gasteiger partial charge in [-0.05, 0) is 54.4 Å². The Labute approximate surface area is 208 Å². The zero-order valence-corrected chi connectivity index (χ0v) is 20.8. The number of carbonyl (C=O) groups is 2. The van der Waals surface area contributed by atoms with E-state index in [9.17, 15) is 28.2 Å². The third kappa shape index (κ3) is 5.55. The fourth-order valence-corrected chi connectivity index (χ4v) is 4.19. The minimum atomic E-state index is -4.09. The van der Waals surface area contributed by atoms with E-state index in [1.54, 1.807) is 13.0 Å². The molecule has 12 heteroatoms. The van der Waals surface area contributed by atoms with Gasteiger partial charge in [0.15, 0.2) is 0 Å². The van der Waals surface area contributed by atoms with E-state index in [-0.39, 0.29) is 69.7 Å². The van der Waals surface area contributed by atoms with E-state index in [0.717, 1.165) is 27.9 Å². The Kier molecular flexibility index (Phi) is 8.66. The summed E-state index contributed by atoms with van der Waals surface area (Å²) < 4.78 is 28.1. The number of fused-ring (bicyclic) bond motifs is 1. The summed E-state index contributed by atoms with van der Waals surface area (Å²) >= 11 is 1.42. The van der Waals surface area contributed by atoms with Gasteiger partial charge in [0.1, 0.15) is 0 Å². The molecule has 8 nitrogen and oxygen atoms in total. The molecular formula is C16H10N2Na2O6S2. The summed E-state index contributed by atoms with van der Waals surface area (Å²) in [4.78, 5) is 26.1. The first-order chi connectivity index (χ1) is 12.2. The van der Waals surface area contributed by atoms with Crippen LogP contribution in [0.4, 0.5) is 5.69 Å². The summed E-state index contributed by atoms with van der Waals surface area (Å²) in [5.74, 6) is -3.29. The fourth-order valence-electron chi connectivity index (χ4n) is 2.33. The molecule has 0 aliphatic carbocycles. The van der Waals surface area contributed by atoms with Crippen LogP contribution in [0.1, 0.15) is 25.7 Å². The average Bonchev–Trinajstić information content (AvgIpc) is 2.93. The molecule has 0 unspecified atom stereocenters. The second-order valence-corrected chi connectivity index (χ2v) is 8.26. The number of hydrogen-bond donors (Lipinski definition) is 1. The summed E-state index contributed by atoms with van der Waals surface area (Å²) in [5, 5.41) is 22.8. The molecule has 0 atom stereocenters. The molecule has 0 saturated carbocycles. The van der Waals surface area contributed by atoms with Crippen LogP contribution in [0.5, 0.6) is 0 Å². The van der Waals surface area contributed by atoms with Gasteiger partial charge in [-0.3, -0.25) is 4.72 Å². The molecule has 0 spiro atoms. The van der Waals surface area contributed by atoms with E-state index in [4.69, 9.17) is 0 Å². The molecule has 0 bridgehead atoms. The summed E-state index contributed by atoms with van der Waals surface area (Å²) in [6, 6.07) is 7.12. The number of thiazole rings is 1. The zero-order valence-electron chi connectivity index (χ0n) is 15.2. The number of nitrogens with one attached hydrogen (secondary N) is 1. The van der Waals surface area contributed by atoms with Crippen LogP contribution in [-0.2, 0) is 10.0 Å². The molecule has 28 heavy (non-hydrogen) atoms. The van der Waals surface area contributed by atoms with E-state index in [1.807, 2.05) is 0 Å².